The highest BCUT2D eigenvalue weighted by Gasteiger charge is 2.30. The van der Waals surface area contributed by atoms with Crippen LogP contribution in [0.15, 0.2) is 5.10 Å². The van der Waals surface area contributed by atoms with E-state index in [9.17, 15) is 0 Å². The quantitative estimate of drug-likeness (QED) is 0.587. The molecular formula is C13H23N3S. The first-order valence-electron chi connectivity index (χ1n) is 6.89. The van der Waals surface area contributed by atoms with Crippen LogP contribution in [0.25, 0.3) is 0 Å². The molecule has 17 heavy (non-hydrogen) atoms. The maximum atomic E-state index is 5.11. The molecule has 2 aliphatic carbocycles. The first-order chi connectivity index (χ1) is 8.29. The van der Waals surface area contributed by atoms with Crippen LogP contribution in [-0.4, -0.2) is 17.4 Å². The Labute approximate surface area is 109 Å². The Morgan fingerprint density at radius 2 is 2.06 bits per heavy atom. The predicted octanol–water partition coefficient (Wildman–Crippen LogP) is 2.82. The summed E-state index contributed by atoms with van der Waals surface area (Å²) in [6, 6.07) is 0. The van der Waals surface area contributed by atoms with Crippen molar-refractivity contribution in [1.29, 1.82) is 0 Å². The molecule has 0 aromatic carbocycles. The third-order valence-electron chi connectivity index (χ3n) is 4.02. The van der Waals surface area contributed by atoms with Crippen molar-refractivity contribution in [2.75, 3.05) is 6.54 Å². The number of rotatable bonds is 2. The van der Waals surface area contributed by atoms with Gasteiger partial charge in [-0.05, 0) is 56.7 Å². The summed E-state index contributed by atoms with van der Waals surface area (Å²) in [5, 5.41) is 8.15. The fourth-order valence-electron chi connectivity index (χ4n) is 3.12. The average Bonchev–Trinajstić information content (AvgIpc) is 2.36. The maximum Gasteiger partial charge on any atom is 0.186 e. The minimum atomic E-state index is 0.644. The van der Waals surface area contributed by atoms with E-state index in [0.29, 0.717) is 5.11 Å². The van der Waals surface area contributed by atoms with E-state index >= 15 is 0 Å². The number of nitrogens with zero attached hydrogens (tertiary/aromatic N) is 1. The van der Waals surface area contributed by atoms with Crippen LogP contribution in [0, 0.1) is 11.8 Å². The molecule has 0 heterocycles. The molecule has 2 atom stereocenters. The molecule has 2 N–H and O–H groups in total. The molecule has 0 aromatic rings. The van der Waals surface area contributed by atoms with Crippen LogP contribution in [0.2, 0.25) is 0 Å². The number of thiocarbonyl (C=S) groups is 1. The molecule has 0 radical (unpaired) electrons. The van der Waals surface area contributed by atoms with E-state index in [1.165, 1.54) is 44.2 Å². The maximum absolute atomic E-state index is 5.11. The van der Waals surface area contributed by atoms with Crippen LogP contribution in [-0.2, 0) is 0 Å². The number of fused-ring (bicyclic) bond motifs is 1. The van der Waals surface area contributed by atoms with Crippen molar-refractivity contribution >= 4 is 23.0 Å². The highest BCUT2D eigenvalue weighted by atomic mass is 32.1. The van der Waals surface area contributed by atoms with Gasteiger partial charge in [0.1, 0.15) is 0 Å². The minimum Gasteiger partial charge on any atom is -0.362 e. The second-order valence-electron chi connectivity index (χ2n) is 5.20. The Hall–Kier alpha value is -0.640. The number of hydrogen-bond acceptors (Lipinski definition) is 2. The molecule has 0 aromatic heterocycles. The van der Waals surface area contributed by atoms with Gasteiger partial charge in [0.15, 0.2) is 5.11 Å². The van der Waals surface area contributed by atoms with Gasteiger partial charge >= 0.3 is 0 Å². The molecule has 0 bridgehead atoms. The van der Waals surface area contributed by atoms with Gasteiger partial charge in [-0.15, -0.1) is 0 Å². The summed E-state index contributed by atoms with van der Waals surface area (Å²) in [4.78, 5) is 0. The molecule has 0 aliphatic heterocycles. The van der Waals surface area contributed by atoms with Gasteiger partial charge in [0, 0.05) is 12.3 Å². The Morgan fingerprint density at radius 3 is 2.82 bits per heavy atom. The van der Waals surface area contributed by atoms with Crippen molar-refractivity contribution in [3.8, 4) is 0 Å². The molecule has 2 rings (SSSR count). The van der Waals surface area contributed by atoms with Crippen LogP contribution in [0.3, 0.4) is 0 Å². The Bertz CT molecular complexity index is 301. The fraction of sp³-hybridized carbons (Fsp3) is 0.846. The van der Waals surface area contributed by atoms with Gasteiger partial charge < -0.3 is 5.32 Å². The zero-order valence-electron chi connectivity index (χ0n) is 10.7. The summed E-state index contributed by atoms with van der Waals surface area (Å²) in [6.45, 7) is 2.88. The lowest BCUT2D eigenvalue weighted by atomic mass is 9.70. The Balaban J connectivity index is 1.82. The van der Waals surface area contributed by atoms with Crippen LogP contribution in [0.4, 0.5) is 0 Å². The van der Waals surface area contributed by atoms with E-state index in [4.69, 9.17) is 12.2 Å². The van der Waals surface area contributed by atoms with E-state index < -0.39 is 0 Å². The molecular weight excluding hydrogens is 230 g/mol. The summed E-state index contributed by atoms with van der Waals surface area (Å²) < 4.78 is 0. The normalized spacial score (nSPS) is 30.8. The molecule has 96 valence electrons. The van der Waals surface area contributed by atoms with E-state index in [1.54, 1.807) is 0 Å². The summed E-state index contributed by atoms with van der Waals surface area (Å²) >= 11 is 5.11. The fourth-order valence-corrected chi connectivity index (χ4v) is 3.31. The molecule has 0 saturated heterocycles. The highest BCUT2D eigenvalue weighted by Crippen LogP contribution is 2.39. The predicted molar refractivity (Wildman–Crippen MR) is 76.1 cm³/mol. The zero-order valence-corrected chi connectivity index (χ0v) is 11.5. The van der Waals surface area contributed by atoms with Crippen molar-refractivity contribution in [3.63, 3.8) is 0 Å². The number of hydrogen-bond donors (Lipinski definition) is 2. The van der Waals surface area contributed by atoms with E-state index in [-0.39, 0.29) is 0 Å². The van der Waals surface area contributed by atoms with Crippen LogP contribution in [0.1, 0.15) is 51.9 Å². The van der Waals surface area contributed by atoms with E-state index in [2.05, 4.69) is 15.8 Å². The molecule has 4 heteroatoms. The average molecular weight is 253 g/mol. The van der Waals surface area contributed by atoms with Gasteiger partial charge in [-0.3, -0.25) is 5.43 Å². The molecule has 0 amide bonds. The van der Waals surface area contributed by atoms with Gasteiger partial charge in [-0.25, -0.2) is 0 Å². The summed E-state index contributed by atoms with van der Waals surface area (Å²) in [5.74, 6) is 1.87. The molecule has 3 nitrogen and oxygen atoms in total. The molecule has 0 spiro atoms. The second kappa shape index (κ2) is 6.34. The third kappa shape index (κ3) is 3.66. The first kappa shape index (κ1) is 12.8. The van der Waals surface area contributed by atoms with E-state index in [1.807, 2.05) is 6.92 Å². The van der Waals surface area contributed by atoms with Crippen molar-refractivity contribution < 1.29 is 0 Å². The topological polar surface area (TPSA) is 36.4 Å². The van der Waals surface area contributed by atoms with Gasteiger partial charge in [0.25, 0.3) is 0 Å². The highest BCUT2D eigenvalue weighted by molar-refractivity contribution is 7.80. The zero-order chi connectivity index (χ0) is 12.1. The number of nitrogens with one attached hydrogen (secondary N) is 2. The lowest BCUT2D eigenvalue weighted by Gasteiger charge is -2.35. The largest absolute Gasteiger partial charge is 0.362 e. The third-order valence-corrected chi connectivity index (χ3v) is 4.26. The van der Waals surface area contributed by atoms with E-state index in [0.717, 1.165) is 24.8 Å². The monoisotopic (exact) mass is 253 g/mol. The molecule has 2 fully saturated rings. The van der Waals surface area contributed by atoms with Gasteiger partial charge in [-0.1, -0.05) is 19.3 Å². The van der Waals surface area contributed by atoms with Crippen LogP contribution >= 0.6 is 12.2 Å². The second-order valence-corrected chi connectivity index (χ2v) is 5.60. The summed E-state index contributed by atoms with van der Waals surface area (Å²) in [6.07, 6.45) is 9.38. The molecule has 2 aliphatic rings. The lowest BCUT2D eigenvalue weighted by Crippen LogP contribution is -2.34. The van der Waals surface area contributed by atoms with Crippen molar-refractivity contribution in [1.82, 2.24) is 10.7 Å². The van der Waals surface area contributed by atoms with Crippen molar-refractivity contribution in [2.24, 2.45) is 16.9 Å². The minimum absolute atomic E-state index is 0.644. The van der Waals surface area contributed by atoms with Gasteiger partial charge in [-0.2, -0.15) is 5.10 Å². The Morgan fingerprint density at radius 1 is 1.29 bits per heavy atom. The smallest absolute Gasteiger partial charge is 0.186 e. The van der Waals surface area contributed by atoms with Crippen LogP contribution in [0.5, 0.6) is 0 Å². The molecule has 0 unspecified atom stereocenters. The lowest BCUT2D eigenvalue weighted by molar-refractivity contribution is 0.218. The summed E-state index contributed by atoms with van der Waals surface area (Å²) in [7, 11) is 0. The first-order valence-corrected chi connectivity index (χ1v) is 7.29. The SMILES string of the molecule is CCNC(=S)N/N=C1/CC[C@H]2CCCC[C@@H]2C1. The van der Waals surface area contributed by atoms with Crippen LogP contribution < -0.4 is 10.7 Å². The van der Waals surface area contributed by atoms with Crippen molar-refractivity contribution in [2.45, 2.75) is 51.9 Å². The van der Waals surface area contributed by atoms with Gasteiger partial charge in [0.05, 0.1) is 0 Å². The Kier molecular flexibility index (Phi) is 4.77. The number of hydrazone groups is 1. The standard InChI is InChI=1S/C13H23N3S/c1-2-14-13(17)16-15-12-8-7-10-5-3-4-6-11(10)9-12/h10-11H,2-9H2,1H3,(H2,14,16,17)/b15-12-/t10-,11-/m1/s1. The van der Waals surface area contributed by atoms with Gasteiger partial charge in [0.2, 0.25) is 0 Å². The summed E-state index contributed by atoms with van der Waals surface area (Å²) in [5.41, 5.74) is 4.27. The molecule has 2 saturated carbocycles. The van der Waals surface area contributed by atoms with Crippen molar-refractivity contribution in [3.05, 3.63) is 0 Å².